The summed E-state index contributed by atoms with van der Waals surface area (Å²) < 4.78 is 27.4. The maximum atomic E-state index is 11.4. The lowest BCUT2D eigenvalue weighted by Crippen LogP contribution is -2.27. The standard InChI is InChI=1S/C9H19NO4S/c1-4-14-9(11)7-15(12,13)6-5-8(2)10-3/h8,10H,4-7H2,1-3H3. The molecule has 1 atom stereocenters. The lowest BCUT2D eigenvalue weighted by atomic mass is 10.3. The van der Waals surface area contributed by atoms with Crippen molar-refractivity contribution in [2.45, 2.75) is 26.3 Å². The molecule has 0 aliphatic rings. The number of carbonyl (C=O) groups excluding carboxylic acids is 1. The average molecular weight is 237 g/mol. The van der Waals surface area contributed by atoms with Crippen LogP contribution in [-0.4, -0.2) is 45.6 Å². The normalized spacial score (nSPS) is 13.5. The Morgan fingerprint density at radius 2 is 2.07 bits per heavy atom. The second-order valence-electron chi connectivity index (χ2n) is 3.38. The summed E-state index contributed by atoms with van der Waals surface area (Å²) in [5.74, 6) is -1.18. The van der Waals surface area contributed by atoms with E-state index in [1.807, 2.05) is 6.92 Å². The van der Waals surface area contributed by atoms with E-state index in [2.05, 4.69) is 10.1 Å². The van der Waals surface area contributed by atoms with Crippen molar-refractivity contribution in [1.29, 1.82) is 0 Å². The molecule has 90 valence electrons. The molecule has 0 aliphatic heterocycles. The molecule has 0 aromatic carbocycles. The van der Waals surface area contributed by atoms with Gasteiger partial charge >= 0.3 is 5.97 Å². The molecule has 0 saturated heterocycles. The molecule has 0 spiro atoms. The highest BCUT2D eigenvalue weighted by atomic mass is 32.2. The molecular weight excluding hydrogens is 218 g/mol. The summed E-state index contributed by atoms with van der Waals surface area (Å²) in [6.07, 6.45) is 0.498. The zero-order valence-corrected chi connectivity index (χ0v) is 10.3. The van der Waals surface area contributed by atoms with E-state index in [4.69, 9.17) is 0 Å². The first-order valence-electron chi connectivity index (χ1n) is 4.94. The van der Waals surface area contributed by atoms with Crippen LogP contribution in [-0.2, 0) is 19.4 Å². The molecule has 0 saturated carbocycles. The van der Waals surface area contributed by atoms with Crippen molar-refractivity contribution in [3.8, 4) is 0 Å². The van der Waals surface area contributed by atoms with Crippen molar-refractivity contribution in [1.82, 2.24) is 5.32 Å². The first-order chi connectivity index (χ1) is 6.91. The van der Waals surface area contributed by atoms with E-state index in [1.54, 1.807) is 14.0 Å². The lowest BCUT2D eigenvalue weighted by Gasteiger charge is -2.09. The predicted octanol–water partition coefficient (Wildman–Crippen LogP) is -0.0377. The quantitative estimate of drug-likeness (QED) is 0.629. The molecular formula is C9H19NO4S. The molecule has 0 heterocycles. The highest BCUT2D eigenvalue weighted by molar-refractivity contribution is 7.92. The molecule has 0 aromatic heterocycles. The second-order valence-corrected chi connectivity index (χ2v) is 5.56. The van der Waals surface area contributed by atoms with Gasteiger partial charge in [0, 0.05) is 6.04 Å². The van der Waals surface area contributed by atoms with Gasteiger partial charge in [0.15, 0.2) is 9.84 Å². The van der Waals surface area contributed by atoms with Crippen molar-refractivity contribution < 1.29 is 17.9 Å². The van der Waals surface area contributed by atoms with E-state index in [-0.39, 0.29) is 18.4 Å². The summed E-state index contributed by atoms with van der Waals surface area (Å²) in [6.45, 7) is 3.74. The Kier molecular flexibility index (Phi) is 6.51. The minimum atomic E-state index is -3.32. The number of sulfone groups is 1. The summed E-state index contributed by atoms with van der Waals surface area (Å²) in [5.41, 5.74) is 0. The van der Waals surface area contributed by atoms with E-state index in [9.17, 15) is 13.2 Å². The highest BCUT2D eigenvalue weighted by Crippen LogP contribution is 1.99. The van der Waals surface area contributed by atoms with Crippen LogP contribution in [0.1, 0.15) is 20.3 Å². The zero-order chi connectivity index (χ0) is 11.9. The van der Waals surface area contributed by atoms with Gasteiger partial charge in [0.2, 0.25) is 0 Å². The molecule has 0 aliphatic carbocycles. The number of hydrogen-bond acceptors (Lipinski definition) is 5. The fraction of sp³-hybridized carbons (Fsp3) is 0.889. The Labute approximate surface area is 91.1 Å². The Morgan fingerprint density at radius 3 is 2.53 bits per heavy atom. The van der Waals surface area contributed by atoms with Crippen molar-refractivity contribution in [2.24, 2.45) is 0 Å². The van der Waals surface area contributed by atoms with Crippen LogP contribution in [0, 0.1) is 0 Å². The molecule has 0 bridgehead atoms. The van der Waals surface area contributed by atoms with Crippen molar-refractivity contribution in [3.05, 3.63) is 0 Å². The zero-order valence-electron chi connectivity index (χ0n) is 9.45. The van der Waals surface area contributed by atoms with Crippen molar-refractivity contribution in [3.63, 3.8) is 0 Å². The van der Waals surface area contributed by atoms with Gasteiger partial charge in [-0.15, -0.1) is 0 Å². The Balaban J connectivity index is 4.03. The molecule has 15 heavy (non-hydrogen) atoms. The largest absolute Gasteiger partial charge is 0.465 e. The number of carbonyl (C=O) groups is 1. The van der Waals surface area contributed by atoms with Crippen LogP contribution in [0.25, 0.3) is 0 Å². The van der Waals surface area contributed by atoms with E-state index in [0.29, 0.717) is 6.42 Å². The highest BCUT2D eigenvalue weighted by Gasteiger charge is 2.18. The first-order valence-corrected chi connectivity index (χ1v) is 6.76. The Bertz CT molecular complexity index is 286. The monoisotopic (exact) mass is 237 g/mol. The van der Waals surface area contributed by atoms with Crippen LogP contribution in [0.3, 0.4) is 0 Å². The third-order valence-electron chi connectivity index (χ3n) is 2.00. The fourth-order valence-electron chi connectivity index (χ4n) is 0.955. The van der Waals surface area contributed by atoms with E-state index >= 15 is 0 Å². The van der Waals surface area contributed by atoms with Gasteiger partial charge in [0.05, 0.1) is 12.4 Å². The number of nitrogens with one attached hydrogen (secondary N) is 1. The summed E-state index contributed by atoms with van der Waals surface area (Å²) in [7, 11) is -1.56. The SMILES string of the molecule is CCOC(=O)CS(=O)(=O)CCC(C)NC. The molecule has 1 unspecified atom stereocenters. The van der Waals surface area contributed by atoms with E-state index in [0.717, 1.165) is 0 Å². The minimum Gasteiger partial charge on any atom is -0.465 e. The third-order valence-corrected chi connectivity index (χ3v) is 3.53. The average Bonchev–Trinajstić information content (AvgIpc) is 2.13. The van der Waals surface area contributed by atoms with Crippen LogP contribution in [0.2, 0.25) is 0 Å². The number of hydrogen-bond donors (Lipinski definition) is 1. The van der Waals surface area contributed by atoms with E-state index in [1.165, 1.54) is 0 Å². The van der Waals surface area contributed by atoms with Crippen molar-refractivity contribution in [2.75, 3.05) is 25.2 Å². The van der Waals surface area contributed by atoms with Gasteiger partial charge in [-0.3, -0.25) is 4.79 Å². The maximum Gasteiger partial charge on any atom is 0.321 e. The number of ether oxygens (including phenoxy) is 1. The fourth-order valence-corrected chi connectivity index (χ4v) is 2.25. The minimum absolute atomic E-state index is 0.00776. The van der Waals surface area contributed by atoms with Crippen LogP contribution < -0.4 is 5.32 Å². The van der Waals surface area contributed by atoms with Gasteiger partial charge in [0.1, 0.15) is 5.75 Å². The van der Waals surface area contributed by atoms with Gasteiger partial charge in [0.25, 0.3) is 0 Å². The van der Waals surface area contributed by atoms with Gasteiger partial charge < -0.3 is 10.1 Å². The topological polar surface area (TPSA) is 72.5 Å². The van der Waals surface area contributed by atoms with Crippen LogP contribution >= 0.6 is 0 Å². The lowest BCUT2D eigenvalue weighted by molar-refractivity contribution is -0.139. The molecule has 0 amide bonds. The van der Waals surface area contributed by atoms with Gasteiger partial charge in [-0.25, -0.2) is 8.42 Å². The number of rotatable bonds is 7. The smallest absolute Gasteiger partial charge is 0.321 e. The van der Waals surface area contributed by atoms with Crippen LogP contribution in [0.4, 0.5) is 0 Å². The molecule has 0 fully saturated rings. The molecule has 0 aromatic rings. The van der Waals surface area contributed by atoms with E-state index < -0.39 is 21.6 Å². The first kappa shape index (κ1) is 14.4. The summed E-state index contributed by atoms with van der Waals surface area (Å²) in [5, 5.41) is 2.94. The van der Waals surface area contributed by atoms with Crippen LogP contribution in [0.5, 0.6) is 0 Å². The predicted molar refractivity (Wildman–Crippen MR) is 58.4 cm³/mol. The molecule has 6 heteroatoms. The summed E-state index contributed by atoms with van der Waals surface area (Å²) in [6, 6.07) is 0.127. The summed E-state index contributed by atoms with van der Waals surface area (Å²) in [4.78, 5) is 11.0. The second kappa shape index (κ2) is 6.79. The Morgan fingerprint density at radius 1 is 1.47 bits per heavy atom. The molecule has 5 nitrogen and oxygen atoms in total. The van der Waals surface area contributed by atoms with Gasteiger partial charge in [-0.2, -0.15) is 0 Å². The van der Waals surface area contributed by atoms with Gasteiger partial charge in [-0.1, -0.05) is 0 Å². The number of esters is 1. The summed E-state index contributed by atoms with van der Waals surface area (Å²) >= 11 is 0. The van der Waals surface area contributed by atoms with Crippen molar-refractivity contribution >= 4 is 15.8 Å². The van der Waals surface area contributed by atoms with Gasteiger partial charge in [-0.05, 0) is 27.3 Å². The molecule has 1 N–H and O–H groups in total. The van der Waals surface area contributed by atoms with Crippen LogP contribution in [0.15, 0.2) is 0 Å². The Hall–Kier alpha value is -0.620. The molecule has 0 radical (unpaired) electrons. The maximum absolute atomic E-state index is 11.4. The third kappa shape index (κ3) is 7.33. The molecule has 0 rings (SSSR count).